The van der Waals surface area contributed by atoms with Crippen molar-refractivity contribution >= 4 is 5.69 Å². The summed E-state index contributed by atoms with van der Waals surface area (Å²) in [5.41, 5.74) is 18.2. The zero-order chi connectivity index (χ0) is 36.7. The van der Waals surface area contributed by atoms with E-state index < -0.39 is 0 Å². The fourth-order valence-electron chi connectivity index (χ4n) is 4.54. The Morgan fingerprint density at radius 2 is 1.64 bits per heavy atom. The van der Waals surface area contributed by atoms with Crippen LogP contribution < -0.4 is 27.2 Å². The summed E-state index contributed by atoms with van der Waals surface area (Å²) in [6, 6.07) is 18.7. The van der Waals surface area contributed by atoms with Crippen molar-refractivity contribution in [2.75, 3.05) is 4.90 Å². The van der Waals surface area contributed by atoms with E-state index in [1.165, 1.54) is 11.1 Å². The molecule has 0 bridgehead atoms. The zero-order valence-corrected chi connectivity index (χ0v) is 29.9. The Bertz CT molecular complexity index is 1750. The summed E-state index contributed by atoms with van der Waals surface area (Å²) >= 11 is 0. The summed E-state index contributed by atoms with van der Waals surface area (Å²) in [5.74, 6) is 5.08. The number of nitrogens with one attached hydrogen (secondary N) is 2. The van der Waals surface area contributed by atoms with Gasteiger partial charge in [0, 0.05) is 41.5 Å². The van der Waals surface area contributed by atoms with E-state index in [-0.39, 0.29) is 6.17 Å². The van der Waals surface area contributed by atoms with Gasteiger partial charge in [-0.25, -0.2) is 5.43 Å². The predicted octanol–water partition coefficient (Wildman–Crippen LogP) is 9.91. The summed E-state index contributed by atoms with van der Waals surface area (Å²) in [6.07, 6.45) is 32.0. The van der Waals surface area contributed by atoms with Crippen LogP contribution in [-0.4, -0.2) is 6.17 Å². The highest BCUT2D eigenvalue weighted by Crippen LogP contribution is 2.26. The maximum absolute atomic E-state index is 5.49. The number of hydrazine groups is 1. The number of rotatable bonds is 10. The number of anilines is 1. The highest BCUT2D eigenvalue weighted by atomic mass is 15.3. The molecule has 0 spiro atoms. The number of hydrogen-bond donors (Lipinski definition) is 4. The second kappa shape index (κ2) is 22.8. The number of nitrogens with two attached hydrogens (primary N) is 2. The molecule has 0 amide bonds. The van der Waals surface area contributed by atoms with Gasteiger partial charge < -0.3 is 16.0 Å². The van der Waals surface area contributed by atoms with Crippen molar-refractivity contribution in [2.24, 2.45) is 11.6 Å². The van der Waals surface area contributed by atoms with Crippen LogP contribution in [0.15, 0.2) is 224 Å². The molecule has 5 nitrogen and oxygen atoms in total. The number of allylic oxidation sites excluding steroid dienone is 17. The lowest BCUT2D eigenvalue weighted by molar-refractivity contribution is 0.625. The van der Waals surface area contributed by atoms with Gasteiger partial charge in [0.15, 0.2) is 0 Å². The van der Waals surface area contributed by atoms with Crippen molar-refractivity contribution in [3.63, 3.8) is 0 Å². The second-order valence-corrected chi connectivity index (χ2v) is 11.4. The molecule has 5 heteroatoms. The first-order chi connectivity index (χ1) is 24.1. The first-order valence-corrected chi connectivity index (χ1v) is 16.4. The van der Waals surface area contributed by atoms with E-state index in [1.54, 1.807) is 18.2 Å². The third-order valence-electron chi connectivity index (χ3n) is 7.31. The van der Waals surface area contributed by atoms with E-state index >= 15 is 0 Å². The summed E-state index contributed by atoms with van der Waals surface area (Å²) in [5, 5.41) is 3.61. The molecule has 0 saturated heterocycles. The highest BCUT2D eigenvalue weighted by Gasteiger charge is 2.12. The van der Waals surface area contributed by atoms with Crippen LogP contribution in [0.4, 0.5) is 5.69 Å². The van der Waals surface area contributed by atoms with Crippen LogP contribution >= 0.6 is 0 Å². The normalized spacial score (nSPS) is 18.1. The SMILES string of the molecule is C=C/C=C(\C=C)C(N)NN.C=C1/C=C\C=C/N(c2cccc(C)c2)/C=C\C(NC2=C(C(=C)/C=C\C=C/C)C=CC2)=C/C1=C.Cc1ccccc1. The number of benzene rings is 2. The molecule has 2 aromatic rings. The van der Waals surface area contributed by atoms with Gasteiger partial charge in [-0.05, 0) is 79.0 Å². The van der Waals surface area contributed by atoms with Gasteiger partial charge in [0.05, 0.1) is 6.17 Å². The first kappa shape index (κ1) is 40.5. The van der Waals surface area contributed by atoms with Crippen LogP contribution in [-0.2, 0) is 0 Å². The van der Waals surface area contributed by atoms with E-state index in [2.05, 4.69) is 123 Å². The Kier molecular flexibility index (Phi) is 18.4. The molecule has 0 saturated carbocycles. The van der Waals surface area contributed by atoms with Gasteiger partial charge in [0.25, 0.3) is 0 Å². The van der Waals surface area contributed by atoms with Gasteiger partial charge in [0.1, 0.15) is 0 Å². The topological polar surface area (TPSA) is 79.3 Å². The molecule has 1 aliphatic carbocycles. The molecule has 6 N–H and O–H groups in total. The van der Waals surface area contributed by atoms with Gasteiger partial charge >= 0.3 is 0 Å². The second-order valence-electron chi connectivity index (χ2n) is 11.4. The van der Waals surface area contributed by atoms with Gasteiger partial charge in [0.2, 0.25) is 0 Å². The van der Waals surface area contributed by atoms with Crippen LogP contribution in [0.5, 0.6) is 0 Å². The van der Waals surface area contributed by atoms with Crippen molar-refractivity contribution in [1.82, 2.24) is 10.7 Å². The maximum atomic E-state index is 5.49. The fourth-order valence-corrected chi connectivity index (χ4v) is 4.54. The van der Waals surface area contributed by atoms with E-state index in [1.807, 2.05) is 79.9 Å². The molecule has 2 aliphatic rings. The Morgan fingerprint density at radius 1 is 0.900 bits per heavy atom. The lowest BCUT2D eigenvalue weighted by Crippen LogP contribution is -2.43. The largest absolute Gasteiger partial charge is 0.358 e. The average Bonchev–Trinajstić information content (AvgIpc) is 3.57. The molecule has 4 rings (SSSR count). The lowest BCUT2D eigenvalue weighted by Gasteiger charge is -2.17. The number of hydrogen-bond acceptors (Lipinski definition) is 5. The maximum Gasteiger partial charge on any atom is 0.0935 e. The number of aryl methyl sites for hydroxylation is 2. The minimum absolute atomic E-state index is 0.365. The quantitative estimate of drug-likeness (QED) is 0.0881. The van der Waals surface area contributed by atoms with Crippen LogP contribution in [0, 0.1) is 13.8 Å². The molecule has 1 heterocycles. The molecule has 50 heavy (non-hydrogen) atoms. The third kappa shape index (κ3) is 14.6. The summed E-state index contributed by atoms with van der Waals surface area (Å²) in [4.78, 5) is 2.10. The van der Waals surface area contributed by atoms with Crippen molar-refractivity contribution in [3.05, 3.63) is 235 Å². The van der Waals surface area contributed by atoms with Gasteiger partial charge in [-0.15, -0.1) is 0 Å². The molecule has 0 fully saturated rings. The van der Waals surface area contributed by atoms with Crippen molar-refractivity contribution < 1.29 is 0 Å². The third-order valence-corrected chi connectivity index (χ3v) is 7.31. The minimum Gasteiger partial charge on any atom is -0.358 e. The van der Waals surface area contributed by atoms with E-state index in [4.69, 9.17) is 11.6 Å². The smallest absolute Gasteiger partial charge is 0.0935 e. The molecular weight excluding hydrogens is 611 g/mol. The molecule has 0 aromatic heterocycles. The zero-order valence-electron chi connectivity index (χ0n) is 29.9. The molecule has 0 radical (unpaired) electrons. The summed E-state index contributed by atoms with van der Waals surface area (Å²) in [6.45, 7) is 25.9. The molecule has 1 unspecified atom stereocenters. The summed E-state index contributed by atoms with van der Waals surface area (Å²) in [7, 11) is 0. The molecule has 2 aromatic carbocycles. The lowest BCUT2D eigenvalue weighted by atomic mass is 10.1. The van der Waals surface area contributed by atoms with Gasteiger partial charge in [-0.1, -0.05) is 148 Å². The van der Waals surface area contributed by atoms with Gasteiger partial charge in [-0.2, -0.15) is 0 Å². The summed E-state index contributed by atoms with van der Waals surface area (Å²) < 4.78 is 0. The van der Waals surface area contributed by atoms with Crippen LogP contribution in [0.2, 0.25) is 0 Å². The van der Waals surface area contributed by atoms with Gasteiger partial charge in [-0.3, -0.25) is 5.84 Å². The Labute approximate surface area is 300 Å². The van der Waals surface area contributed by atoms with Crippen LogP contribution in [0.3, 0.4) is 0 Å². The van der Waals surface area contributed by atoms with E-state index in [0.29, 0.717) is 0 Å². The predicted molar refractivity (Wildman–Crippen MR) is 219 cm³/mol. The van der Waals surface area contributed by atoms with E-state index in [9.17, 15) is 0 Å². The molecular formula is C45H53N5. The monoisotopic (exact) mass is 663 g/mol. The highest BCUT2D eigenvalue weighted by molar-refractivity contribution is 5.57. The average molecular weight is 664 g/mol. The van der Waals surface area contributed by atoms with Crippen molar-refractivity contribution in [1.29, 1.82) is 0 Å². The van der Waals surface area contributed by atoms with Crippen LogP contribution in [0.25, 0.3) is 0 Å². The Hall–Kier alpha value is -5.72. The fraction of sp³-hybridized carbons (Fsp3) is 0.111. The molecule has 1 aliphatic heterocycles. The number of nitrogens with zero attached hydrogens (tertiary/aromatic N) is 1. The molecule has 1 atom stereocenters. The minimum atomic E-state index is -0.365. The van der Waals surface area contributed by atoms with Crippen molar-refractivity contribution in [3.8, 4) is 0 Å². The first-order valence-electron chi connectivity index (χ1n) is 16.4. The Balaban J connectivity index is 0.000000416. The van der Waals surface area contributed by atoms with Crippen molar-refractivity contribution in [2.45, 2.75) is 33.4 Å². The Morgan fingerprint density at radius 3 is 2.26 bits per heavy atom. The molecule has 258 valence electrons. The van der Waals surface area contributed by atoms with E-state index in [0.717, 1.165) is 51.4 Å². The van der Waals surface area contributed by atoms with Crippen LogP contribution in [0.1, 0.15) is 24.5 Å². The standard InChI is InChI=1S/C31H32N2.C7H13N3.C7H8/c1-6-7-8-15-26(4)30-17-12-18-31(30)32-28-19-21-33(29-16-11-13-24(2)22-29)20-10-9-14-25(3)27(5)23-28;1-3-5-6(4-2)7(8)10-9;1-7-5-3-2-4-6-7/h6-17,19-23,32H,3-5,18H2,1-2H3;3-5,7,10H,1-2,8-9H2;2-6H,1H3/b7-6-,14-9-,15-8-,20-10-,21-19-,28-23+;6-5+;.